The van der Waals surface area contributed by atoms with E-state index in [2.05, 4.69) is 34.4 Å². The summed E-state index contributed by atoms with van der Waals surface area (Å²) in [6, 6.07) is 9.44. The minimum absolute atomic E-state index is 0.0620. The van der Waals surface area contributed by atoms with Crippen LogP contribution in [0, 0.1) is 5.41 Å². The molecule has 0 fully saturated rings. The first-order valence-corrected chi connectivity index (χ1v) is 8.97. The number of pyridine rings is 2. The molecule has 6 heteroatoms. The summed E-state index contributed by atoms with van der Waals surface area (Å²) in [4.78, 5) is 21.5. The lowest BCUT2D eigenvalue weighted by Crippen LogP contribution is -2.35. The Morgan fingerprint density at radius 3 is 2.62 bits per heavy atom. The van der Waals surface area contributed by atoms with Crippen molar-refractivity contribution < 1.29 is 4.79 Å². The fourth-order valence-electron chi connectivity index (χ4n) is 3.06. The Bertz CT molecular complexity index is 831. The van der Waals surface area contributed by atoms with Crippen LogP contribution in [0.15, 0.2) is 60.2 Å². The number of hydrogen-bond acceptors (Lipinski definition) is 5. The van der Waals surface area contributed by atoms with Crippen LogP contribution < -0.4 is 10.6 Å². The van der Waals surface area contributed by atoms with E-state index in [0.717, 1.165) is 17.7 Å². The number of nitrogens with one attached hydrogen (secondary N) is 2. The number of thiocarbonyl (C=S) groups is 1. The highest BCUT2D eigenvalue weighted by atomic mass is 32.1. The average molecular weight is 366 g/mol. The van der Waals surface area contributed by atoms with Crippen LogP contribution in [0.25, 0.3) is 0 Å². The van der Waals surface area contributed by atoms with Crippen LogP contribution in [0.2, 0.25) is 0 Å². The number of Topliss-reactive ketones (excluding diaryl/α,β-unsaturated/α-hetero) is 1. The third-order valence-electron chi connectivity index (χ3n) is 4.26. The first-order chi connectivity index (χ1) is 12.4. The molecule has 0 aliphatic heterocycles. The van der Waals surface area contributed by atoms with Gasteiger partial charge in [0.25, 0.3) is 0 Å². The van der Waals surface area contributed by atoms with E-state index in [-0.39, 0.29) is 11.2 Å². The molecular weight excluding hydrogens is 344 g/mol. The van der Waals surface area contributed by atoms with Gasteiger partial charge in [0.05, 0.1) is 5.57 Å². The Kier molecular flexibility index (Phi) is 5.42. The first kappa shape index (κ1) is 18.2. The van der Waals surface area contributed by atoms with Gasteiger partial charge in [0.2, 0.25) is 0 Å². The van der Waals surface area contributed by atoms with E-state index < -0.39 is 0 Å². The number of carbonyl (C=O) groups is 1. The molecule has 3 rings (SSSR count). The van der Waals surface area contributed by atoms with Crippen molar-refractivity contribution in [3.8, 4) is 0 Å². The number of allylic oxidation sites excluding steroid dienone is 1. The largest absolute Gasteiger partial charge is 0.384 e. The van der Waals surface area contributed by atoms with Gasteiger partial charge in [0, 0.05) is 37.3 Å². The fraction of sp³-hybridized carbons (Fsp3) is 0.300. The molecule has 2 aromatic heterocycles. The summed E-state index contributed by atoms with van der Waals surface area (Å²) >= 11 is 5.54. The summed E-state index contributed by atoms with van der Waals surface area (Å²) in [6.07, 6.45) is 6.45. The molecule has 134 valence electrons. The van der Waals surface area contributed by atoms with Crippen molar-refractivity contribution in [2.45, 2.75) is 33.2 Å². The minimum atomic E-state index is -0.0955. The van der Waals surface area contributed by atoms with E-state index in [1.54, 1.807) is 18.6 Å². The van der Waals surface area contributed by atoms with Crippen LogP contribution in [-0.2, 0) is 11.3 Å². The minimum Gasteiger partial charge on any atom is -0.384 e. The highest BCUT2D eigenvalue weighted by Gasteiger charge is 2.34. The molecule has 0 aromatic carbocycles. The zero-order chi connectivity index (χ0) is 18.6. The summed E-state index contributed by atoms with van der Waals surface area (Å²) < 4.78 is 0. The van der Waals surface area contributed by atoms with E-state index in [0.29, 0.717) is 29.3 Å². The Hall–Kier alpha value is -2.60. The summed E-state index contributed by atoms with van der Waals surface area (Å²) in [5.41, 5.74) is 2.46. The average Bonchev–Trinajstić information content (AvgIpc) is 2.60. The van der Waals surface area contributed by atoms with Crippen LogP contribution in [0.1, 0.15) is 32.3 Å². The van der Waals surface area contributed by atoms with Crippen LogP contribution in [0.3, 0.4) is 0 Å². The molecule has 2 aromatic rings. The highest BCUT2D eigenvalue weighted by Crippen LogP contribution is 2.36. The number of ketones is 1. The van der Waals surface area contributed by atoms with Crippen LogP contribution in [-0.4, -0.2) is 20.7 Å². The van der Waals surface area contributed by atoms with E-state index in [4.69, 9.17) is 12.2 Å². The van der Waals surface area contributed by atoms with Crippen molar-refractivity contribution in [2.24, 2.45) is 5.41 Å². The molecule has 1 aliphatic carbocycles. The van der Waals surface area contributed by atoms with Crippen molar-refractivity contribution in [3.05, 3.63) is 65.8 Å². The molecular formula is C20H22N4OS. The number of carbonyl (C=O) groups excluding carboxylic acids is 1. The zero-order valence-corrected chi connectivity index (χ0v) is 15.8. The van der Waals surface area contributed by atoms with Crippen LogP contribution in [0.5, 0.6) is 0 Å². The number of rotatable bonds is 5. The molecule has 0 bridgehead atoms. The van der Waals surface area contributed by atoms with Gasteiger partial charge in [-0.2, -0.15) is 0 Å². The van der Waals surface area contributed by atoms with Gasteiger partial charge in [-0.1, -0.05) is 32.1 Å². The molecule has 0 saturated carbocycles. The molecule has 2 N–H and O–H groups in total. The first-order valence-electron chi connectivity index (χ1n) is 8.56. The lowest BCUT2D eigenvalue weighted by molar-refractivity contribution is -0.117. The second kappa shape index (κ2) is 7.74. The second-order valence-corrected chi connectivity index (χ2v) is 7.58. The maximum atomic E-state index is 12.8. The molecule has 2 heterocycles. The maximum Gasteiger partial charge on any atom is 0.168 e. The SMILES string of the molecule is CC1(C)CC(=O)C(C(=S)Nc2ccccn2)=C(NCc2ccncc2)C1. The highest BCUT2D eigenvalue weighted by molar-refractivity contribution is 7.81. The van der Waals surface area contributed by atoms with Crippen LogP contribution in [0.4, 0.5) is 5.82 Å². The van der Waals surface area contributed by atoms with Crippen molar-refractivity contribution >= 4 is 28.8 Å². The normalized spacial score (nSPS) is 16.3. The smallest absolute Gasteiger partial charge is 0.168 e. The van der Waals surface area contributed by atoms with Gasteiger partial charge in [-0.3, -0.25) is 9.78 Å². The Morgan fingerprint density at radius 1 is 1.15 bits per heavy atom. The number of aromatic nitrogens is 2. The van der Waals surface area contributed by atoms with E-state index >= 15 is 0 Å². The van der Waals surface area contributed by atoms with E-state index in [1.807, 2.05) is 30.3 Å². The van der Waals surface area contributed by atoms with Gasteiger partial charge in [0.15, 0.2) is 5.78 Å². The third-order valence-corrected chi connectivity index (χ3v) is 4.57. The molecule has 0 unspecified atom stereocenters. The molecule has 26 heavy (non-hydrogen) atoms. The molecule has 0 radical (unpaired) electrons. The van der Waals surface area contributed by atoms with Gasteiger partial charge >= 0.3 is 0 Å². The molecule has 0 spiro atoms. The third kappa shape index (κ3) is 4.52. The number of hydrogen-bond donors (Lipinski definition) is 2. The predicted molar refractivity (Wildman–Crippen MR) is 107 cm³/mol. The van der Waals surface area contributed by atoms with Crippen molar-refractivity contribution in [1.29, 1.82) is 0 Å². The monoisotopic (exact) mass is 366 g/mol. The number of anilines is 1. The van der Waals surface area contributed by atoms with Crippen molar-refractivity contribution in [3.63, 3.8) is 0 Å². The standard InChI is InChI=1S/C20H22N4OS/c1-20(2)11-15(23-13-14-6-9-21-10-7-14)18(16(25)12-20)19(26)24-17-5-3-4-8-22-17/h3-10,23H,11-13H2,1-2H3,(H,22,24,26). The Balaban J connectivity index is 1.85. The van der Waals surface area contributed by atoms with Gasteiger partial charge in [-0.25, -0.2) is 4.98 Å². The quantitative estimate of drug-likeness (QED) is 0.788. The molecule has 0 atom stereocenters. The van der Waals surface area contributed by atoms with E-state index in [9.17, 15) is 4.79 Å². The topological polar surface area (TPSA) is 66.9 Å². The van der Waals surface area contributed by atoms with Crippen LogP contribution >= 0.6 is 12.2 Å². The van der Waals surface area contributed by atoms with Gasteiger partial charge in [-0.05, 0) is 41.7 Å². The lowest BCUT2D eigenvalue weighted by atomic mass is 9.75. The fourth-order valence-corrected chi connectivity index (χ4v) is 3.40. The Morgan fingerprint density at radius 2 is 1.92 bits per heavy atom. The summed E-state index contributed by atoms with van der Waals surface area (Å²) in [5.74, 6) is 0.697. The molecule has 0 saturated heterocycles. The summed E-state index contributed by atoms with van der Waals surface area (Å²) in [5, 5.41) is 6.51. The van der Waals surface area contributed by atoms with Crippen molar-refractivity contribution in [1.82, 2.24) is 15.3 Å². The van der Waals surface area contributed by atoms with Gasteiger partial charge in [0.1, 0.15) is 10.8 Å². The van der Waals surface area contributed by atoms with Gasteiger partial charge < -0.3 is 10.6 Å². The van der Waals surface area contributed by atoms with Crippen molar-refractivity contribution in [2.75, 3.05) is 5.32 Å². The molecule has 0 amide bonds. The lowest BCUT2D eigenvalue weighted by Gasteiger charge is -2.33. The Labute approximate surface area is 159 Å². The summed E-state index contributed by atoms with van der Waals surface area (Å²) in [6.45, 7) is 4.83. The predicted octanol–water partition coefficient (Wildman–Crippen LogP) is 3.65. The molecule has 5 nitrogen and oxygen atoms in total. The zero-order valence-electron chi connectivity index (χ0n) is 15.0. The summed E-state index contributed by atoms with van der Waals surface area (Å²) in [7, 11) is 0. The second-order valence-electron chi connectivity index (χ2n) is 7.17. The van der Waals surface area contributed by atoms with Gasteiger partial charge in [-0.15, -0.1) is 0 Å². The van der Waals surface area contributed by atoms with E-state index in [1.165, 1.54) is 0 Å². The molecule has 1 aliphatic rings. The maximum absolute atomic E-state index is 12.8. The number of nitrogens with zero attached hydrogens (tertiary/aromatic N) is 2.